The summed E-state index contributed by atoms with van der Waals surface area (Å²) in [5.74, 6) is 5.76. The Bertz CT molecular complexity index is 686. The molecule has 21 heavy (non-hydrogen) atoms. The van der Waals surface area contributed by atoms with Crippen LogP contribution in [0, 0.1) is 0 Å². The molecule has 1 unspecified atom stereocenters. The fraction of sp³-hybridized carbons (Fsp3) is 0.222. The molecule has 3 heteroatoms. The van der Waals surface area contributed by atoms with Gasteiger partial charge < -0.3 is 0 Å². The van der Waals surface area contributed by atoms with Crippen molar-refractivity contribution >= 4 is 22.1 Å². The van der Waals surface area contributed by atoms with E-state index in [-0.39, 0.29) is 0 Å². The summed E-state index contributed by atoms with van der Waals surface area (Å²) in [6, 6.07) is 17.5. The molecule has 108 valence electrons. The van der Waals surface area contributed by atoms with Gasteiger partial charge in [-0.05, 0) is 58.0 Å². The standard InChI is InChI=1S/C18H20N2S/c19-20-17(9-8-14-10-11-21-13-14)12-16-6-3-5-15-4-1-2-7-18(15)16/h1-7,10-11,13,17,20H,8-9,12,19H2. The molecule has 0 bridgehead atoms. The Kier molecular flexibility index (Phi) is 4.65. The summed E-state index contributed by atoms with van der Waals surface area (Å²) >= 11 is 1.75. The number of nitrogens with one attached hydrogen (secondary N) is 1. The van der Waals surface area contributed by atoms with Gasteiger partial charge >= 0.3 is 0 Å². The number of rotatable bonds is 6. The first kappa shape index (κ1) is 14.3. The highest BCUT2D eigenvalue weighted by molar-refractivity contribution is 7.07. The molecule has 1 aromatic heterocycles. The fourth-order valence-corrected chi connectivity index (χ4v) is 3.46. The van der Waals surface area contributed by atoms with Crippen molar-refractivity contribution in [2.75, 3.05) is 0 Å². The highest BCUT2D eigenvalue weighted by Crippen LogP contribution is 2.21. The summed E-state index contributed by atoms with van der Waals surface area (Å²) in [5, 5.41) is 6.97. The van der Waals surface area contributed by atoms with Crippen molar-refractivity contribution in [3.63, 3.8) is 0 Å². The Morgan fingerprint density at radius 2 is 1.90 bits per heavy atom. The van der Waals surface area contributed by atoms with E-state index in [4.69, 9.17) is 5.84 Å². The van der Waals surface area contributed by atoms with Crippen LogP contribution in [0.25, 0.3) is 10.8 Å². The van der Waals surface area contributed by atoms with E-state index in [0.29, 0.717) is 6.04 Å². The molecule has 3 rings (SSSR count). The average Bonchev–Trinajstić information content (AvgIpc) is 3.05. The first-order valence-corrected chi connectivity index (χ1v) is 8.25. The fourth-order valence-electron chi connectivity index (χ4n) is 2.76. The smallest absolute Gasteiger partial charge is 0.0254 e. The molecule has 1 heterocycles. The number of benzene rings is 2. The minimum Gasteiger partial charge on any atom is -0.271 e. The van der Waals surface area contributed by atoms with E-state index in [1.54, 1.807) is 11.3 Å². The van der Waals surface area contributed by atoms with Crippen LogP contribution < -0.4 is 11.3 Å². The van der Waals surface area contributed by atoms with Gasteiger partial charge in [0.05, 0.1) is 0 Å². The molecule has 3 aromatic rings. The maximum Gasteiger partial charge on any atom is 0.0254 e. The molecular formula is C18H20N2S. The van der Waals surface area contributed by atoms with Gasteiger partial charge in [0.25, 0.3) is 0 Å². The van der Waals surface area contributed by atoms with E-state index in [9.17, 15) is 0 Å². The molecule has 0 radical (unpaired) electrons. The molecule has 2 nitrogen and oxygen atoms in total. The Labute approximate surface area is 129 Å². The molecule has 1 atom stereocenters. The third-order valence-electron chi connectivity index (χ3n) is 3.94. The first-order valence-electron chi connectivity index (χ1n) is 7.30. The van der Waals surface area contributed by atoms with Crippen LogP contribution in [-0.4, -0.2) is 6.04 Å². The number of hydrogen-bond acceptors (Lipinski definition) is 3. The van der Waals surface area contributed by atoms with E-state index < -0.39 is 0 Å². The van der Waals surface area contributed by atoms with E-state index in [0.717, 1.165) is 19.3 Å². The Hall–Kier alpha value is -1.68. The molecule has 0 amide bonds. The zero-order valence-electron chi connectivity index (χ0n) is 12.0. The van der Waals surface area contributed by atoms with Crippen molar-refractivity contribution < 1.29 is 0 Å². The molecule has 0 aliphatic rings. The third-order valence-corrected chi connectivity index (χ3v) is 4.68. The maximum absolute atomic E-state index is 5.76. The molecule has 0 fully saturated rings. The van der Waals surface area contributed by atoms with Gasteiger partial charge in [-0.3, -0.25) is 11.3 Å². The van der Waals surface area contributed by atoms with Gasteiger partial charge in [-0.1, -0.05) is 42.5 Å². The van der Waals surface area contributed by atoms with E-state index in [2.05, 4.69) is 64.7 Å². The topological polar surface area (TPSA) is 38.0 Å². The third kappa shape index (κ3) is 3.50. The largest absolute Gasteiger partial charge is 0.271 e. The number of thiophene rings is 1. The highest BCUT2D eigenvalue weighted by Gasteiger charge is 2.10. The molecule has 0 aliphatic heterocycles. The molecule has 0 aliphatic carbocycles. The average molecular weight is 296 g/mol. The number of hydrogen-bond donors (Lipinski definition) is 2. The van der Waals surface area contributed by atoms with Gasteiger partial charge in [-0.15, -0.1) is 0 Å². The van der Waals surface area contributed by atoms with Gasteiger partial charge in [0, 0.05) is 6.04 Å². The van der Waals surface area contributed by atoms with Gasteiger partial charge in [-0.25, -0.2) is 0 Å². The summed E-state index contributed by atoms with van der Waals surface area (Å²) in [7, 11) is 0. The molecule has 0 spiro atoms. The lowest BCUT2D eigenvalue weighted by molar-refractivity contribution is 0.493. The lowest BCUT2D eigenvalue weighted by Gasteiger charge is -2.17. The van der Waals surface area contributed by atoms with Gasteiger partial charge in [0.2, 0.25) is 0 Å². The van der Waals surface area contributed by atoms with Gasteiger partial charge in [-0.2, -0.15) is 11.3 Å². The molecule has 0 saturated carbocycles. The van der Waals surface area contributed by atoms with Crippen LogP contribution >= 0.6 is 11.3 Å². The number of fused-ring (bicyclic) bond motifs is 1. The van der Waals surface area contributed by atoms with Crippen LogP contribution in [0.3, 0.4) is 0 Å². The minimum atomic E-state index is 0.302. The van der Waals surface area contributed by atoms with E-state index in [1.807, 2.05) is 0 Å². The second-order valence-electron chi connectivity index (χ2n) is 5.38. The molecule has 3 N–H and O–H groups in total. The second-order valence-corrected chi connectivity index (χ2v) is 6.16. The molecule has 2 aromatic carbocycles. The normalized spacial score (nSPS) is 12.6. The monoisotopic (exact) mass is 296 g/mol. The van der Waals surface area contributed by atoms with Crippen LogP contribution in [0.2, 0.25) is 0 Å². The highest BCUT2D eigenvalue weighted by atomic mass is 32.1. The number of nitrogens with two attached hydrogens (primary N) is 1. The predicted octanol–water partition coefficient (Wildman–Crippen LogP) is 3.91. The van der Waals surface area contributed by atoms with Crippen molar-refractivity contribution in [1.82, 2.24) is 5.43 Å². The molecule has 0 saturated heterocycles. The second kappa shape index (κ2) is 6.85. The minimum absolute atomic E-state index is 0.302. The molecular weight excluding hydrogens is 276 g/mol. The summed E-state index contributed by atoms with van der Waals surface area (Å²) in [4.78, 5) is 0. The Balaban J connectivity index is 1.73. The SMILES string of the molecule is NNC(CCc1ccsc1)Cc1cccc2ccccc12. The van der Waals surface area contributed by atoms with Crippen LogP contribution in [0.5, 0.6) is 0 Å². The van der Waals surface area contributed by atoms with E-state index in [1.165, 1.54) is 21.9 Å². The quantitative estimate of drug-likeness (QED) is 0.534. The summed E-state index contributed by atoms with van der Waals surface area (Å²) < 4.78 is 0. The van der Waals surface area contributed by atoms with Gasteiger partial charge in [0.15, 0.2) is 0 Å². The van der Waals surface area contributed by atoms with Crippen LogP contribution in [0.15, 0.2) is 59.3 Å². The summed E-state index contributed by atoms with van der Waals surface area (Å²) in [5.41, 5.74) is 5.74. The van der Waals surface area contributed by atoms with Crippen LogP contribution in [0.4, 0.5) is 0 Å². The lowest BCUT2D eigenvalue weighted by Crippen LogP contribution is -2.37. The zero-order valence-corrected chi connectivity index (χ0v) is 12.8. The maximum atomic E-state index is 5.76. The van der Waals surface area contributed by atoms with Crippen LogP contribution in [-0.2, 0) is 12.8 Å². The van der Waals surface area contributed by atoms with Crippen molar-refractivity contribution in [1.29, 1.82) is 0 Å². The predicted molar refractivity (Wildman–Crippen MR) is 91.4 cm³/mol. The van der Waals surface area contributed by atoms with Gasteiger partial charge in [0.1, 0.15) is 0 Å². The van der Waals surface area contributed by atoms with Crippen molar-refractivity contribution in [2.45, 2.75) is 25.3 Å². The lowest BCUT2D eigenvalue weighted by atomic mass is 9.96. The summed E-state index contributed by atoms with van der Waals surface area (Å²) in [6.07, 6.45) is 3.08. The Morgan fingerprint density at radius 1 is 1.05 bits per heavy atom. The number of hydrazine groups is 1. The summed E-state index contributed by atoms with van der Waals surface area (Å²) in [6.45, 7) is 0. The zero-order chi connectivity index (χ0) is 14.5. The first-order chi connectivity index (χ1) is 10.4. The Morgan fingerprint density at radius 3 is 2.71 bits per heavy atom. The van der Waals surface area contributed by atoms with Crippen molar-refractivity contribution in [2.24, 2.45) is 5.84 Å². The van der Waals surface area contributed by atoms with Crippen molar-refractivity contribution in [3.05, 3.63) is 70.4 Å². The number of aryl methyl sites for hydroxylation is 1. The van der Waals surface area contributed by atoms with E-state index >= 15 is 0 Å². The van der Waals surface area contributed by atoms with Crippen LogP contribution in [0.1, 0.15) is 17.5 Å². The van der Waals surface area contributed by atoms with Crippen molar-refractivity contribution in [3.8, 4) is 0 Å².